The lowest BCUT2D eigenvalue weighted by Gasteiger charge is -2.02. The molecule has 0 aliphatic heterocycles. The molecule has 2 atom stereocenters. The van der Waals surface area contributed by atoms with Gasteiger partial charge in [0.1, 0.15) is 29.6 Å². The number of phenolic OH excluding ortho intramolecular Hbond substituents is 1. The van der Waals surface area contributed by atoms with Crippen molar-refractivity contribution in [2.45, 2.75) is 17.7 Å². The van der Waals surface area contributed by atoms with E-state index in [4.69, 9.17) is 71.5 Å². The van der Waals surface area contributed by atoms with Crippen molar-refractivity contribution in [2.75, 3.05) is 25.0 Å². The van der Waals surface area contributed by atoms with E-state index in [1.54, 1.807) is 13.0 Å². The van der Waals surface area contributed by atoms with Crippen LogP contribution in [0.2, 0.25) is 5.02 Å². The molecule has 0 radical (unpaired) electrons. The van der Waals surface area contributed by atoms with Crippen LogP contribution in [0.25, 0.3) is 11.0 Å². The van der Waals surface area contributed by atoms with Gasteiger partial charge in [-0.15, -0.1) is 55.5 Å². The first-order valence-electron chi connectivity index (χ1n) is 7.74. The van der Waals surface area contributed by atoms with Gasteiger partial charge in [0.15, 0.2) is 0 Å². The average Bonchev–Trinajstić information content (AvgIpc) is 2.68. The van der Waals surface area contributed by atoms with Crippen molar-refractivity contribution in [3.63, 3.8) is 0 Å². The molecule has 2 rings (SSSR count). The zero-order chi connectivity index (χ0) is 21.3. The van der Waals surface area contributed by atoms with Crippen LogP contribution in [0.3, 0.4) is 0 Å². The maximum atomic E-state index is 11.2. The van der Waals surface area contributed by atoms with Crippen LogP contribution in [0.1, 0.15) is 5.56 Å². The summed E-state index contributed by atoms with van der Waals surface area (Å²) < 4.78 is 25.4. The Morgan fingerprint density at radius 3 is 2.18 bits per heavy atom. The number of alkyl halides is 4. The van der Waals surface area contributed by atoms with Gasteiger partial charge in [-0.3, -0.25) is 0 Å². The van der Waals surface area contributed by atoms with Crippen molar-refractivity contribution in [1.82, 2.24) is 0 Å². The van der Waals surface area contributed by atoms with E-state index in [0.717, 1.165) is 5.39 Å². The van der Waals surface area contributed by atoms with Gasteiger partial charge in [0, 0.05) is 27.8 Å². The number of aromatic hydroxyl groups is 1. The molecule has 1 aromatic heterocycles. The van der Waals surface area contributed by atoms with Crippen LogP contribution in [-0.4, -0.2) is 40.8 Å². The molecule has 6 nitrogen and oxygen atoms in total. The smallest absolute Gasteiger partial charge is 0.508 e. The van der Waals surface area contributed by atoms with Crippen molar-refractivity contribution < 1.29 is 23.1 Å². The number of hydrogen-bond donors (Lipinski definition) is 1. The van der Waals surface area contributed by atoms with Crippen LogP contribution in [0.15, 0.2) is 27.4 Å². The van der Waals surface area contributed by atoms with Crippen LogP contribution in [0.4, 0.5) is 0 Å². The third-order valence-corrected chi connectivity index (χ3v) is 5.92. The Morgan fingerprint density at radius 2 is 1.68 bits per heavy atom. The van der Waals surface area contributed by atoms with E-state index in [1.165, 1.54) is 12.1 Å². The predicted molar refractivity (Wildman–Crippen MR) is 114 cm³/mol. The molecule has 1 aromatic carbocycles. The maximum absolute atomic E-state index is 11.2. The molecule has 2 unspecified atom stereocenters. The summed E-state index contributed by atoms with van der Waals surface area (Å²) in [6, 6.07) is 4.57. The van der Waals surface area contributed by atoms with E-state index in [9.17, 15) is 14.5 Å². The zero-order valence-electron chi connectivity index (χ0n) is 14.5. The molecule has 0 aliphatic rings. The van der Waals surface area contributed by atoms with Crippen molar-refractivity contribution in [3.05, 3.63) is 39.2 Å². The monoisotopic (exact) mass is 511 g/mol. The van der Waals surface area contributed by atoms with Crippen LogP contribution >= 0.6 is 66.3 Å². The van der Waals surface area contributed by atoms with Gasteiger partial charge in [-0.05, 0) is 24.6 Å². The first kappa shape index (κ1) is 25.7. The summed E-state index contributed by atoms with van der Waals surface area (Å²) >= 11 is 27.7. The fourth-order valence-electron chi connectivity index (χ4n) is 1.73. The quantitative estimate of drug-likeness (QED) is 0.272. The Morgan fingerprint density at radius 1 is 1.14 bits per heavy atom. The number of rotatable bonds is 8. The maximum Gasteiger partial charge on any atom is 0.697 e. The zero-order valence-corrected chi connectivity index (χ0v) is 19.2. The Balaban J connectivity index is 0.000000280. The van der Waals surface area contributed by atoms with Gasteiger partial charge in [0.2, 0.25) is 0 Å². The van der Waals surface area contributed by atoms with Gasteiger partial charge in [0.05, 0.1) is 10.8 Å². The lowest BCUT2D eigenvalue weighted by atomic mass is 10.1. The van der Waals surface area contributed by atoms with E-state index in [0.29, 0.717) is 11.1 Å². The molecule has 0 saturated carbocycles. The molecule has 0 amide bonds. The molecule has 0 fully saturated rings. The molecule has 28 heavy (non-hydrogen) atoms. The van der Waals surface area contributed by atoms with Crippen LogP contribution in [-0.2, 0) is 13.6 Å². The molecule has 0 spiro atoms. The summed E-state index contributed by atoms with van der Waals surface area (Å²) in [7, 11) is -2.19. The number of aryl methyl sites for hydroxylation is 1. The fraction of sp³-hybridized carbons (Fsp3) is 0.438. The molecule has 0 aliphatic carbocycles. The number of benzene rings is 1. The molecule has 0 bridgehead atoms. The highest BCUT2D eigenvalue weighted by atomic mass is 35.5. The number of phenols is 1. The van der Waals surface area contributed by atoms with Gasteiger partial charge in [-0.25, -0.2) is 4.79 Å². The summed E-state index contributed by atoms with van der Waals surface area (Å²) in [5, 5.41) is 9.25. The third-order valence-electron chi connectivity index (χ3n) is 3.14. The Labute approximate surface area is 187 Å². The van der Waals surface area contributed by atoms with Gasteiger partial charge in [-0.1, -0.05) is 11.6 Å². The summed E-state index contributed by atoms with van der Waals surface area (Å²) in [4.78, 5) is 11.2. The summed E-state index contributed by atoms with van der Waals surface area (Å²) in [6.45, 7) is 1.89. The standard InChI is InChI=1S/C10H7ClO3.C6H10Cl4O3P/c1-5-7-3-2-6(12)4-8(7)14-10(13)9(5)11;7-1-5(9)3-12-14(11)13-4-6(10)2-8/h2-4,12H,1H3;5-6H,1-4H2/q;+1. The highest BCUT2D eigenvalue weighted by molar-refractivity contribution is 7.33. The van der Waals surface area contributed by atoms with Crippen LogP contribution in [0.5, 0.6) is 5.75 Å². The largest absolute Gasteiger partial charge is 0.697 e. The van der Waals surface area contributed by atoms with Crippen LogP contribution < -0.4 is 5.63 Å². The molecule has 0 saturated heterocycles. The minimum absolute atomic E-state index is 0.0578. The first-order chi connectivity index (χ1) is 13.2. The van der Waals surface area contributed by atoms with E-state index in [-0.39, 0.29) is 46.5 Å². The number of fused-ring (bicyclic) bond motifs is 1. The van der Waals surface area contributed by atoms with Crippen molar-refractivity contribution in [2.24, 2.45) is 0 Å². The molecule has 1 N–H and O–H groups in total. The Bertz CT molecular complexity index is 830. The lowest BCUT2D eigenvalue weighted by Crippen LogP contribution is -2.10. The summed E-state index contributed by atoms with van der Waals surface area (Å²) in [5.74, 6) is 0.511. The van der Waals surface area contributed by atoms with Crippen LogP contribution in [0, 0.1) is 6.92 Å². The molecule has 156 valence electrons. The van der Waals surface area contributed by atoms with E-state index in [2.05, 4.69) is 0 Å². The Kier molecular flexibility index (Phi) is 12.0. The molecule has 12 heteroatoms. The second-order valence-corrected chi connectivity index (χ2v) is 8.52. The van der Waals surface area contributed by atoms with Gasteiger partial charge in [0.25, 0.3) is 0 Å². The van der Waals surface area contributed by atoms with Crippen molar-refractivity contribution in [3.8, 4) is 5.75 Å². The SMILES string of the molecule is Cc1c(Cl)c(=O)oc2cc(O)ccc12.O=[P+](OCC(Cl)CCl)OCC(Cl)CCl. The summed E-state index contributed by atoms with van der Waals surface area (Å²) in [6.07, 6.45) is 0. The highest BCUT2D eigenvalue weighted by Crippen LogP contribution is 2.26. The molecule has 2 aromatic rings. The first-order valence-corrected chi connectivity index (χ1v) is 11.2. The molecule has 1 heterocycles. The fourth-order valence-corrected chi connectivity index (χ4v) is 3.03. The van der Waals surface area contributed by atoms with E-state index < -0.39 is 13.9 Å². The second kappa shape index (κ2) is 13.1. The molecular formula is C16H17Cl5O6P+. The number of halogens is 5. The second-order valence-electron chi connectivity index (χ2n) is 5.33. The van der Waals surface area contributed by atoms with Crippen molar-refractivity contribution in [1.29, 1.82) is 0 Å². The normalized spacial score (nSPS) is 13.6. The third kappa shape index (κ3) is 8.60. The lowest BCUT2D eigenvalue weighted by molar-refractivity contribution is 0.229. The topological polar surface area (TPSA) is 86.0 Å². The predicted octanol–water partition coefficient (Wildman–Crippen LogP) is 5.83. The Hall–Kier alpha value is -0.300. The van der Waals surface area contributed by atoms with Gasteiger partial charge < -0.3 is 9.52 Å². The summed E-state index contributed by atoms with van der Waals surface area (Å²) in [5.41, 5.74) is 0.428. The van der Waals surface area contributed by atoms with Crippen molar-refractivity contribution >= 4 is 77.2 Å². The van der Waals surface area contributed by atoms with E-state index >= 15 is 0 Å². The molecular weight excluding hydrogens is 496 g/mol. The van der Waals surface area contributed by atoms with Gasteiger partial charge >= 0.3 is 13.9 Å². The minimum Gasteiger partial charge on any atom is -0.508 e. The number of hydrogen-bond acceptors (Lipinski definition) is 6. The highest BCUT2D eigenvalue weighted by Gasteiger charge is 2.23. The average molecular weight is 514 g/mol. The minimum atomic E-state index is -2.19. The van der Waals surface area contributed by atoms with E-state index in [1.807, 2.05) is 0 Å². The van der Waals surface area contributed by atoms with Gasteiger partial charge in [-0.2, -0.15) is 0 Å².